The van der Waals surface area contributed by atoms with Gasteiger partial charge in [0, 0.05) is 3.57 Å². The Balaban J connectivity index is 3.44. The van der Waals surface area contributed by atoms with E-state index in [-0.39, 0.29) is 5.30 Å². The van der Waals surface area contributed by atoms with Crippen molar-refractivity contribution in [2.45, 2.75) is 26.7 Å². The van der Waals surface area contributed by atoms with Gasteiger partial charge in [0.2, 0.25) is 0 Å². The van der Waals surface area contributed by atoms with Gasteiger partial charge in [-0.05, 0) is 52.6 Å². The maximum Gasteiger partial charge on any atom is 0.356 e. The van der Waals surface area contributed by atoms with Gasteiger partial charge < -0.3 is 9.79 Å². The first kappa shape index (κ1) is 13.2. The maximum atomic E-state index is 11.3. The van der Waals surface area contributed by atoms with Crippen LogP contribution >= 0.6 is 30.2 Å². The highest BCUT2D eigenvalue weighted by Crippen LogP contribution is 2.36. The highest BCUT2D eigenvalue weighted by molar-refractivity contribution is 14.1. The van der Waals surface area contributed by atoms with E-state index < -0.39 is 7.60 Å². The molecule has 0 bridgehead atoms. The normalized spacial score (nSPS) is 11.8. The van der Waals surface area contributed by atoms with Crippen molar-refractivity contribution in [1.29, 1.82) is 0 Å². The average Bonchev–Trinajstić information content (AvgIpc) is 2.15. The summed E-state index contributed by atoms with van der Waals surface area (Å²) in [5.41, 5.74) is 1.92. The van der Waals surface area contributed by atoms with Crippen molar-refractivity contribution in [1.82, 2.24) is 0 Å². The molecule has 3 nitrogen and oxygen atoms in total. The minimum atomic E-state index is -4.13. The first-order chi connectivity index (χ1) is 6.91. The lowest BCUT2D eigenvalue weighted by atomic mass is 10.1. The van der Waals surface area contributed by atoms with Gasteiger partial charge in [0.05, 0.1) is 5.30 Å². The van der Waals surface area contributed by atoms with E-state index in [0.29, 0.717) is 6.42 Å². The zero-order chi connectivity index (χ0) is 11.6. The fraction of sp³-hybridized carbons (Fsp3) is 0.400. The monoisotopic (exact) mass is 340 g/mol. The number of rotatable bonds is 3. The summed E-state index contributed by atoms with van der Waals surface area (Å²) in [5.74, 6) is 0. The molecule has 0 aromatic heterocycles. The largest absolute Gasteiger partial charge is 0.356 e. The summed E-state index contributed by atoms with van der Waals surface area (Å²) < 4.78 is 12.2. The molecular weight excluding hydrogens is 326 g/mol. The van der Waals surface area contributed by atoms with E-state index in [1.807, 2.05) is 13.8 Å². The summed E-state index contributed by atoms with van der Waals surface area (Å²) >= 11 is 2.16. The second-order valence-corrected chi connectivity index (χ2v) is 5.94. The SMILES string of the molecule is CCc1ccc(P(=O)(O)O)c(CC)c1I. The molecule has 0 aliphatic heterocycles. The number of hydrogen-bond acceptors (Lipinski definition) is 1. The van der Waals surface area contributed by atoms with Crippen LogP contribution < -0.4 is 5.30 Å². The van der Waals surface area contributed by atoms with Crippen molar-refractivity contribution in [2.24, 2.45) is 0 Å². The lowest BCUT2D eigenvalue weighted by Gasteiger charge is -2.14. The van der Waals surface area contributed by atoms with Gasteiger partial charge in [0.15, 0.2) is 0 Å². The zero-order valence-corrected chi connectivity index (χ0v) is 11.7. The molecule has 1 aromatic carbocycles. The zero-order valence-electron chi connectivity index (χ0n) is 8.70. The van der Waals surface area contributed by atoms with Crippen molar-refractivity contribution >= 4 is 35.5 Å². The summed E-state index contributed by atoms with van der Waals surface area (Å²) in [4.78, 5) is 18.4. The summed E-state index contributed by atoms with van der Waals surface area (Å²) in [6, 6.07) is 3.36. The lowest BCUT2D eigenvalue weighted by Crippen LogP contribution is -2.13. The lowest BCUT2D eigenvalue weighted by molar-refractivity contribution is 0.387. The van der Waals surface area contributed by atoms with Crippen LogP contribution in [0.2, 0.25) is 0 Å². The predicted molar refractivity (Wildman–Crippen MR) is 69.6 cm³/mol. The third-order valence-corrected chi connectivity index (χ3v) is 4.74. The molecule has 0 unspecified atom stereocenters. The third-order valence-electron chi connectivity index (χ3n) is 2.35. The van der Waals surface area contributed by atoms with Crippen LogP contribution in [0.4, 0.5) is 0 Å². The van der Waals surface area contributed by atoms with Crippen LogP contribution in [0, 0.1) is 3.57 Å². The van der Waals surface area contributed by atoms with Crippen LogP contribution in [-0.4, -0.2) is 9.79 Å². The molecule has 2 N–H and O–H groups in total. The Labute approximate surface area is 103 Å². The Bertz CT molecular complexity index is 411. The molecule has 84 valence electrons. The minimum Gasteiger partial charge on any atom is -0.321 e. The second-order valence-electron chi connectivity index (χ2n) is 3.29. The molecule has 15 heavy (non-hydrogen) atoms. The molecule has 0 saturated heterocycles. The highest BCUT2D eigenvalue weighted by atomic mass is 127. The molecule has 0 saturated carbocycles. The Hall–Kier alpha value is 0.100. The van der Waals surface area contributed by atoms with E-state index in [1.54, 1.807) is 12.1 Å². The second kappa shape index (κ2) is 4.95. The van der Waals surface area contributed by atoms with E-state index in [2.05, 4.69) is 22.6 Å². The topological polar surface area (TPSA) is 57.5 Å². The molecule has 0 aliphatic rings. The van der Waals surface area contributed by atoms with Crippen LogP contribution in [0.5, 0.6) is 0 Å². The van der Waals surface area contributed by atoms with Crippen molar-refractivity contribution in [3.63, 3.8) is 0 Å². The molecule has 0 radical (unpaired) electrons. The van der Waals surface area contributed by atoms with Crippen molar-refractivity contribution in [3.8, 4) is 0 Å². The van der Waals surface area contributed by atoms with Crippen LogP contribution in [0.15, 0.2) is 12.1 Å². The number of aryl methyl sites for hydroxylation is 1. The van der Waals surface area contributed by atoms with Crippen LogP contribution in [0.25, 0.3) is 0 Å². The van der Waals surface area contributed by atoms with Gasteiger partial charge in [-0.25, -0.2) is 0 Å². The number of hydrogen-bond donors (Lipinski definition) is 2. The van der Waals surface area contributed by atoms with Gasteiger partial charge in [-0.1, -0.05) is 19.9 Å². The van der Waals surface area contributed by atoms with Gasteiger partial charge >= 0.3 is 7.60 Å². The molecule has 0 heterocycles. The maximum absolute atomic E-state index is 11.3. The smallest absolute Gasteiger partial charge is 0.321 e. The molecule has 0 aliphatic carbocycles. The fourth-order valence-corrected chi connectivity index (χ4v) is 3.88. The van der Waals surface area contributed by atoms with Crippen molar-refractivity contribution < 1.29 is 14.4 Å². The fourth-order valence-electron chi connectivity index (χ4n) is 1.54. The Kier molecular flexibility index (Phi) is 4.35. The van der Waals surface area contributed by atoms with Crippen LogP contribution in [0.3, 0.4) is 0 Å². The Morgan fingerprint density at radius 3 is 2.27 bits per heavy atom. The van der Waals surface area contributed by atoms with Crippen LogP contribution in [-0.2, 0) is 17.4 Å². The molecule has 0 atom stereocenters. The quantitative estimate of drug-likeness (QED) is 0.655. The van der Waals surface area contributed by atoms with Gasteiger partial charge in [-0.3, -0.25) is 4.57 Å². The van der Waals surface area contributed by atoms with Gasteiger partial charge in [-0.15, -0.1) is 0 Å². The summed E-state index contributed by atoms with van der Waals surface area (Å²) in [5, 5.41) is 0.173. The first-order valence-corrected chi connectivity index (χ1v) is 7.47. The molecular formula is C10H14IO3P. The van der Waals surface area contributed by atoms with E-state index in [4.69, 9.17) is 0 Å². The van der Waals surface area contributed by atoms with E-state index in [1.165, 1.54) is 0 Å². The summed E-state index contributed by atoms with van der Waals surface area (Å²) in [6.07, 6.45) is 1.53. The highest BCUT2D eigenvalue weighted by Gasteiger charge is 2.22. The van der Waals surface area contributed by atoms with Gasteiger partial charge in [0.1, 0.15) is 0 Å². The molecule has 0 spiro atoms. The van der Waals surface area contributed by atoms with E-state index in [9.17, 15) is 14.4 Å². The van der Waals surface area contributed by atoms with Crippen molar-refractivity contribution in [2.75, 3.05) is 0 Å². The van der Waals surface area contributed by atoms with Crippen molar-refractivity contribution in [3.05, 3.63) is 26.8 Å². The first-order valence-electron chi connectivity index (χ1n) is 4.78. The molecule has 1 aromatic rings. The third kappa shape index (κ3) is 2.81. The standard InChI is InChI=1S/C10H14IO3P/c1-3-7-5-6-9(15(12,13)14)8(4-2)10(7)11/h5-6H,3-4H2,1-2H3,(H2,12,13,14). The van der Waals surface area contributed by atoms with E-state index in [0.717, 1.165) is 21.1 Å². The minimum absolute atomic E-state index is 0.173. The van der Waals surface area contributed by atoms with Gasteiger partial charge in [-0.2, -0.15) is 0 Å². The summed E-state index contributed by atoms with van der Waals surface area (Å²) in [6.45, 7) is 3.95. The molecule has 1 rings (SSSR count). The predicted octanol–water partition coefficient (Wildman–Crippen LogP) is 2.22. The molecule has 0 fully saturated rings. The Morgan fingerprint density at radius 1 is 1.27 bits per heavy atom. The number of benzene rings is 1. The average molecular weight is 340 g/mol. The van der Waals surface area contributed by atoms with Crippen LogP contribution in [0.1, 0.15) is 25.0 Å². The molecule has 0 amide bonds. The molecule has 5 heteroatoms. The summed E-state index contributed by atoms with van der Waals surface area (Å²) in [7, 11) is -4.13. The van der Waals surface area contributed by atoms with E-state index >= 15 is 0 Å². The van der Waals surface area contributed by atoms with Gasteiger partial charge in [0.25, 0.3) is 0 Å². The Morgan fingerprint density at radius 2 is 1.87 bits per heavy atom. The number of halogens is 1.